The van der Waals surface area contributed by atoms with E-state index in [9.17, 15) is 4.79 Å². The second kappa shape index (κ2) is 7.55. The highest BCUT2D eigenvalue weighted by Gasteiger charge is 2.16. The molecule has 0 N–H and O–H groups in total. The van der Waals surface area contributed by atoms with Crippen molar-refractivity contribution in [2.75, 3.05) is 13.9 Å². The van der Waals surface area contributed by atoms with E-state index in [4.69, 9.17) is 4.74 Å². The molecule has 0 radical (unpaired) electrons. The molecule has 0 unspecified atom stereocenters. The zero-order valence-electron chi connectivity index (χ0n) is 7.99. The van der Waals surface area contributed by atoms with Gasteiger partial charge in [0, 0.05) is 7.11 Å². The Labute approximate surface area is 79.0 Å². The summed E-state index contributed by atoms with van der Waals surface area (Å²) in [5, 5.41) is 0. The first kappa shape index (κ1) is 11.9. The molecular weight excluding hydrogens is 168 g/mol. The molecule has 0 aromatic carbocycles. The summed E-state index contributed by atoms with van der Waals surface area (Å²) in [5.74, 6) is -0.438. The van der Waals surface area contributed by atoms with Crippen LogP contribution in [0, 0.1) is 5.92 Å². The van der Waals surface area contributed by atoms with Gasteiger partial charge in [0.25, 0.3) is 0 Å². The van der Waals surface area contributed by atoms with Crippen LogP contribution < -0.4 is 0 Å². The zero-order chi connectivity index (χ0) is 10.1. The Morgan fingerprint density at radius 3 is 2.31 bits per heavy atom. The Morgan fingerprint density at radius 2 is 1.92 bits per heavy atom. The Kier molecular flexibility index (Phi) is 6.92. The molecule has 0 aliphatic rings. The van der Waals surface area contributed by atoms with Crippen molar-refractivity contribution in [2.24, 2.45) is 5.92 Å². The first-order valence-corrected chi connectivity index (χ1v) is 4.13. The van der Waals surface area contributed by atoms with Crippen LogP contribution >= 0.6 is 0 Å². The monoisotopic (exact) mass is 184 g/mol. The van der Waals surface area contributed by atoms with Gasteiger partial charge in [-0.25, -0.2) is 0 Å². The van der Waals surface area contributed by atoms with E-state index >= 15 is 0 Å². The lowest BCUT2D eigenvalue weighted by Crippen LogP contribution is -2.17. The van der Waals surface area contributed by atoms with Crippen molar-refractivity contribution >= 4 is 5.97 Å². The van der Waals surface area contributed by atoms with Crippen LogP contribution in [-0.4, -0.2) is 19.9 Å². The van der Waals surface area contributed by atoms with E-state index in [-0.39, 0.29) is 18.7 Å². The fourth-order valence-electron chi connectivity index (χ4n) is 0.926. The van der Waals surface area contributed by atoms with Crippen molar-refractivity contribution in [3.8, 4) is 0 Å². The number of methoxy groups -OCH3 is 1. The summed E-state index contributed by atoms with van der Waals surface area (Å²) in [6.45, 7) is 7.15. The molecule has 0 saturated heterocycles. The van der Waals surface area contributed by atoms with Crippen molar-refractivity contribution in [3.63, 3.8) is 0 Å². The molecular formula is C10H16O3. The number of carbonyl (C=O) groups excluding carboxylic acids is 1. The van der Waals surface area contributed by atoms with Crippen molar-refractivity contribution in [3.05, 3.63) is 25.3 Å². The van der Waals surface area contributed by atoms with Gasteiger partial charge in [0.15, 0.2) is 6.79 Å². The van der Waals surface area contributed by atoms with E-state index in [1.807, 2.05) is 0 Å². The van der Waals surface area contributed by atoms with Gasteiger partial charge >= 0.3 is 5.97 Å². The quantitative estimate of drug-likeness (QED) is 0.344. The summed E-state index contributed by atoms with van der Waals surface area (Å²) >= 11 is 0. The third-order valence-corrected chi connectivity index (χ3v) is 1.55. The minimum Gasteiger partial charge on any atom is -0.438 e. The average Bonchev–Trinajstić information content (AvgIpc) is 2.14. The van der Waals surface area contributed by atoms with E-state index in [0.29, 0.717) is 12.8 Å². The smallest absolute Gasteiger partial charge is 0.311 e. The lowest BCUT2D eigenvalue weighted by Gasteiger charge is -2.11. The van der Waals surface area contributed by atoms with Crippen LogP contribution in [0.15, 0.2) is 25.3 Å². The Bertz CT molecular complexity index is 165. The van der Waals surface area contributed by atoms with Gasteiger partial charge in [-0.1, -0.05) is 12.2 Å². The summed E-state index contributed by atoms with van der Waals surface area (Å²) in [6, 6.07) is 0. The van der Waals surface area contributed by atoms with E-state index in [2.05, 4.69) is 17.9 Å². The average molecular weight is 184 g/mol. The molecule has 0 aliphatic carbocycles. The second-order valence-electron chi connectivity index (χ2n) is 2.62. The van der Waals surface area contributed by atoms with Crippen LogP contribution in [0.25, 0.3) is 0 Å². The van der Waals surface area contributed by atoms with Gasteiger partial charge in [-0.2, -0.15) is 0 Å². The molecule has 0 rings (SSSR count). The second-order valence-corrected chi connectivity index (χ2v) is 2.62. The van der Waals surface area contributed by atoms with E-state index in [1.54, 1.807) is 12.2 Å². The molecule has 0 atom stereocenters. The predicted octanol–water partition coefficient (Wildman–Crippen LogP) is 1.90. The highest BCUT2D eigenvalue weighted by molar-refractivity contribution is 5.72. The summed E-state index contributed by atoms with van der Waals surface area (Å²) in [5.41, 5.74) is 0. The molecule has 0 aliphatic heterocycles. The van der Waals surface area contributed by atoms with Crippen molar-refractivity contribution in [1.29, 1.82) is 0 Å². The predicted molar refractivity (Wildman–Crippen MR) is 51.1 cm³/mol. The topological polar surface area (TPSA) is 35.5 Å². The van der Waals surface area contributed by atoms with Gasteiger partial charge in [0.1, 0.15) is 0 Å². The van der Waals surface area contributed by atoms with Crippen molar-refractivity contribution in [1.82, 2.24) is 0 Å². The first-order valence-electron chi connectivity index (χ1n) is 4.13. The maximum absolute atomic E-state index is 11.3. The number of rotatable bonds is 7. The van der Waals surface area contributed by atoms with Crippen molar-refractivity contribution < 1.29 is 14.3 Å². The zero-order valence-corrected chi connectivity index (χ0v) is 7.99. The number of hydrogen-bond donors (Lipinski definition) is 0. The molecule has 13 heavy (non-hydrogen) atoms. The van der Waals surface area contributed by atoms with Crippen molar-refractivity contribution in [2.45, 2.75) is 12.8 Å². The number of allylic oxidation sites excluding steroid dienone is 2. The fourth-order valence-corrected chi connectivity index (χ4v) is 0.926. The number of esters is 1. The fraction of sp³-hybridized carbons (Fsp3) is 0.500. The van der Waals surface area contributed by atoms with Gasteiger partial charge in [-0.05, 0) is 12.8 Å². The van der Waals surface area contributed by atoms with Gasteiger partial charge in [0.2, 0.25) is 0 Å². The Balaban J connectivity index is 3.93. The maximum atomic E-state index is 11.3. The Hall–Kier alpha value is -1.09. The molecule has 3 nitrogen and oxygen atoms in total. The molecule has 74 valence electrons. The van der Waals surface area contributed by atoms with Gasteiger partial charge in [-0.15, -0.1) is 13.2 Å². The minimum atomic E-state index is -0.262. The lowest BCUT2D eigenvalue weighted by atomic mass is 10.0. The lowest BCUT2D eigenvalue weighted by molar-refractivity contribution is -0.158. The third kappa shape index (κ3) is 5.20. The molecule has 0 aromatic heterocycles. The van der Waals surface area contributed by atoms with Crippen LogP contribution in [0.5, 0.6) is 0 Å². The summed E-state index contributed by atoms with van der Waals surface area (Å²) in [7, 11) is 1.48. The highest BCUT2D eigenvalue weighted by atomic mass is 16.7. The first-order chi connectivity index (χ1) is 6.26. The van der Waals surface area contributed by atoms with Crippen LogP contribution in [-0.2, 0) is 14.3 Å². The SMILES string of the molecule is C=CCC(CC=C)C(=O)OCOC. The van der Waals surface area contributed by atoms with Crippen LogP contribution in [0.2, 0.25) is 0 Å². The normalized spacial score (nSPS) is 9.69. The van der Waals surface area contributed by atoms with Crippen LogP contribution in [0.3, 0.4) is 0 Å². The van der Waals surface area contributed by atoms with E-state index in [0.717, 1.165) is 0 Å². The highest BCUT2D eigenvalue weighted by Crippen LogP contribution is 2.11. The van der Waals surface area contributed by atoms with E-state index < -0.39 is 0 Å². The molecule has 0 heterocycles. The maximum Gasteiger partial charge on any atom is 0.311 e. The molecule has 0 spiro atoms. The molecule has 0 fully saturated rings. The molecule has 0 amide bonds. The largest absolute Gasteiger partial charge is 0.438 e. The summed E-state index contributed by atoms with van der Waals surface area (Å²) in [6.07, 6.45) is 4.60. The molecule has 0 aromatic rings. The summed E-state index contributed by atoms with van der Waals surface area (Å²) < 4.78 is 9.43. The van der Waals surface area contributed by atoms with E-state index in [1.165, 1.54) is 7.11 Å². The van der Waals surface area contributed by atoms with Crippen LogP contribution in [0.4, 0.5) is 0 Å². The van der Waals surface area contributed by atoms with Gasteiger partial charge in [0.05, 0.1) is 5.92 Å². The molecule has 0 bridgehead atoms. The number of hydrogen-bond acceptors (Lipinski definition) is 3. The minimum absolute atomic E-state index is 0.00359. The number of carbonyl (C=O) groups is 1. The van der Waals surface area contributed by atoms with Crippen LogP contribution in [0.1, 0.15) is 12.8 Å². The molecule has 3 heteroatoms. The van der Waals surface area contributed by atoms with Gasteiger partial charge in [-0.3, -0.25) is 4.79 Å². The standard InChI is InChI=1S/C10H16O3/c1-4-6-9(7-5-2)10(11)13-8-12-3/h4-5,9H,1-2,6-8H2,3H3. The Morgan fingerprint density at radius 1 is 1.38 bits per heavy atom. The molecule has 0 saturated carbocycles. The number of ether oxygens (including phenoxy) is 2. The third-order valence-electron chi connectivity index (χ3n) is 1.55. The van der Waals surface area contributed by atoms with Gasteiger partial charge < -0.3 is 9.47 Å². The summed E-state index contributed by atoms with van der Waals surface area (Å²) in [4.78, 5) is 11.3.